The molecule has 0 saturated carbocycles. The van der Waals surface area contributed by atoms with Gasteiger partial charge in [0.2, 0.25) is 17.7 Å². The highest BCUT2D eigenvalue weighted by atomic mass is 32.2. The number of hydrogen-bond acceptors (Lipinski definition) is 7. The molecule has 28 heavy (non-hydrogen) atoms. The van der Waals surface area contributed by atoms with Crippen molar-refractivity contribution < 1.29 is 24.3 Å². The number of aliphatic carboxylic acids is 1. The minimum atomic E-state index is -1.17. The minimum absolute atomic E-state index is 0.133. The topological polar surface area (TPSA) is 151 Å². The molecule has 0 spiro atoms. The van der Waals surface area contributed by atoms with E-state index in [1.807, 2.05) is 13.2 Å². The largest absolute Gasteiger partial charge is 0.480 e. The van der Waals surface area contributed by atoms with Gasteiger partial charge in [0.05, 0.1) is 6.04 Å². The summed E-state index contributed by atoms with van der Waals surface area (Å²) >= 11 is 5.49. The molecule has 5 unspecified atom stereocenters. The Morgan fingerprint density at radius 1 is 1.07 bits per heavy atom. The van der Waals surface area contributed by atoms with E-state index >= 15 is 0 Å². The first-order valence-electron chi connectivity index (χ1n) is 9.08. The van der Waals surface area contributed by atoms with Gasteiger partial charge in [-0.2, -0.15) is 24.4 Å². The molecule has 9 nitrogen and oxygen atoms in total. The number of amides is 3. The first kappa shape index (κ1) is 26.5. The van der Waals surface area contributed by atoms with Crippen molar-refractivity contribution in [3.63, 3.8) is 0 Å². The zero-order valence-corrected chi connectivity index (χ0v) is 18.4. The molecule has 0 rings (SSSR count). The number of carboxylic acid groups (broad SMARTS) is 1. The van der Waals surface area contributed by atoms with Crippen molar-refractivity contribution in [3.8, 4) is 0 Å². The molecule has 0 aromatic carbocycles. The van der Waals surface area contributed by atoms with Crippen molar-refractivity contribution in [1.82, 2.24) is 16.0 Å². The van der Waals surface area contributed by atoms with E-state index in [4.69, 9.17) is 10.8 Å². The first-order valence-corrected chi connectivity index (χ1v) is 11.1. The lowest BCUT2D eigenvalue weighted by atomic mass is 9.97. The zero-order chi connectivity index (χ0) is 21.9. The Morgan fingerprint density at radius 2 is 1.68 bits per heavy atom. The fraction of sp³-hybridized carbons (Fsp3) is 0.765. The highest BCUT2D eigenvalue weighted by Gasteiger charge is 2.31. The van der Waals surface area contributed by atoms with Crippen LogP contribution >= 0.6 is 24.4 Å². The summed E-state index contributed by atoms with van der Waals surface area (Å²) in [6.45, 7) is 4.98. The zero-order valence-electron chi connectivity index (χ0n) is 16.7. The molecule has 0 aliphatic carbocycles. The van der Waals surface area contributed by atoms with Gasteiger partial charge in [-0.3, -0.25) is 19.2 Å². The second-order valence-electron chi connectivity index (χ2n) is 6.57. The maximum atomic E-state index is 12.8. The molecular formula is C17H32N4O5S2. The third-order valence-electron chi connectivity index (χ3n) is 4.30. The summed E-state index contributed by atoms with van der Waals surface area (Å²) in [5.41, 5.74) is 5.65. The molecule has 3 amide bonds. The molecule has 0 radical (unpaired) electrons. The Kier molecular flexibility index (Phi) is 13.0. The average molecular weight is 437 g/mol. The normalized spacial score (nSPS) is 16.2. The summed E-state index contributed by atoms with van der Waals surface area (Å²) in [7, 11) is 0. The number of hydrogen-bond donors (Lipinski definition) is 6. The molecule has 162 valence electrons. The Bertz CT molecular complexity index is 550. The number of rotatable bonds is 13. The molecule has 0 aromatic rings. The predicted octanol–water partition coefficient (Wildman–Crippen LogP) is -0.398. The van der Waals surface area contributed by atoms with Gasteiger partial charge in [-0.15, -0.1) is 0 Å². The summed E-state index contributed by atoms with van der Waals surface area (Å²) in [6, 6.07) is -3.72. The number of nitrogens with one attached hydrogen (secondary N) is 3. The number of carbonyl (C=O) groups excluding carboxylic acids is 3. The number of carbonyl (C=O) groups is 4. The van der Waals surface area contributed by atoms with Crippen molar-refractivity contribution in [1.29, 1.82) is 0 Å². The van der Waals surface area contributed by atoms with Crippen LogP contribution in [0.4, 0.5) is 0 Å². The van der Waals surface area contributed by atoms with Gasteiger partial charge in [0.25, 0.3) is 0 Å². The van der Waals surface area contributed by atoms with Crippen molar-refractivity contribution in [3.05, 3.63) is 0 Å². The van der Waals surface area contributed by atoms with Crippen molar-refractivity contribution in [2.24, 2.45) is 11.7 Å². The summed E-state index contributed by atoms with van der Waals surface area (Å²) < 4.78 is 0. The SMILES string of the molecule is CCC(C)C(NC(=O)C(CCSC)NC(=O)C(N)CS)C(=O)NC(C)C(=O)O. The van der Waals surface area contributed by atoms with E-state index in [1.54, 1.807) is 6.92 Å². The van der Waals surface area contributed by atoms with Crippen LogP contribution in [-0.2, 0) is 19.2 Å². The number of nitrogens with two attached hydrogens (primary N) is 1. The minimum Gasteiger partial charge on any atom is -0.480 e. The van der Waals surface area contributed by atoms with E-state index in [1.165, 1.54) is 18.7 Å². The fourth-order valence-electron chi connectivity index (χ4n) is 2.19. The van der Waals surface area contributed by atoms with Crippen molar-refractivity contribution in [2.75, 3.05) is 17.8 Å². The third-order valence-corrected chi connectivity index (χ3v) is 5.34. The van der Waals surface area contributed by atoms with Gasteiger partial charge in [-0.25, -0.2) is 0 Å². The van der Waals surface area contributed by atoms with Crippen LogP contribution in [0.3, 0.4) is 0 Å². The molecule has 0 aromatic heterocycles. The summed E-state index contributed by atoms with van der Waals surface area (Å²) in [6.07, 6.45) is 2.82. The molecule has 0 fully saturated rings. The quantitative estimate of drug-likeness (QED) is 0.215. The average Bonchev–Trinajstić information content (AvgIpc) is 2.66. The molecule has 11 heteroatoms. The molecule has 0 bridgehead atoms. The Balaban J connectivity index is 5.30. The predicted molar refractivity (Wildman–Crippen MR) is 113 cm³/mol. The lowest BCUT2D eigenvalue weighted by Crippen LogP contribution is -2.58. The molecule has 0 saturated heterocycles. The smallest absolute Gasteiger partial charge is 0.325 e. The van der Waals surface area contributed by atoms with Gasteiger partial charge in [-0.1, -0.05) is 20.3 Å². The van der Waals surface area contributed by atoms with Gasteiger partial charge >= 0.3 is 5.97 Å². The van der Waals surface area contributed by atoms with Crippen molar-refractivity contribution in [2.45, 2.75) is 57.8 Å². The lowest BCUT2D eigenvalue weighted by molar-refractivity contribution is -0.142. The second-order valence-corrected chi connectivity index (χ2v) is 7.92. The van der Waals surface area contributed by atoms with Crippen LogP contribution in [0, 0.1) is 5.92 Å². The Labute approximate surface area is 175 Å². The standard InChI is InChI=1S/C17H32N4O5S2/c1-5-9(2)13(16(24)19-10(3)17(25)26)21-15(23)12(6-7-28-4)20-14(22)11(18)8-27/h9-13,27H,5-8,18H2,1-4H3,(H,19,24)(H,20,22)(H,21,23)(H,25,26). The fourth-order valence-corrected chi connectivity index (χ4v) is 2.82. The van der Waals surface area contributed by atoms with Crippen LogP contribution in [0.15, 0.2) is 0 Å². The molecule has 5 atom stereocenters. The van der Waals surface area contributed by atoms with Crippen LogP contribution in [0.2, 0.25) is 0 Å². The third kappa shape index (κ3) is 9.16. The number of thioether (sulfide) groups is 1. The van der Waals surface area contributed by atoms with Gasteiger partial charge in [0, 0.05) is 5.75 Å². The van der Waals surface area contributed by atoms with E-state index < -0.39 is 47.9 Å². The van der Waals surface area contributed by atoms with E-state index in [9.17, 15) is 19.2 Å². The van der Waals surface area contributed by atoms with Crippen LogP contribution in [-0.4, -0.2) is 70.7 Å². The Hall–Kier alpha value is -1.46. The number of carboxylic acids is 1. The molecule has 0 aliphatic heterocycles. The van der Waals surface area contributed by atoms with Crippen LogP contribution in [0.25, 0.3) is 0 Å². The van der Waals surface area contributed by atoms with E-state index in [-0.39, 0.29) is 11.7 Å². The second kappa shape index (κ2) is 13.7. The van der Waals surface area contributed by atoms with Gasteiger partial charge in [0.1, 0.15) is 18.1 Å². The van der Waals surface area contributed by atoms with E-state index in [2.05, 4.69) is 28.6 Å². The van der Waals surface area contributed by atoms with Crippen LogP contribution < -0.4 is 21.7 Å². The summed E-state index contributed by atoms with van der Waals surface area (Å²) in [5, 5.41) is 16.6. The van der Waals surface area contributed by atoms with Gasteiger partial charge in [-0.05, 0) is 31.3 Å². The summed E-state index contributed by atoms with van der Waals surface area (Å²) in [5.74, 6) is -2.26. The highest BCUT2D eigenvalue weighted by Crippen LogP contribution is 2.10. The van der Waals surface area contributed by atoms with E-state index in [0.717, 1.165) is 0 Å². The molecular weight excluding hydrogens is 404 g/mol. The van der Waals surface area contributed by atoms with Crippen LogP contribution in [0.1, 0.15) is 33.6 Å². The first-order chi connectivity index (χ1) is 13.1. The maximum Gasteiger partial charge on any atom is 0.325 e. The van der Waals surface area contributed by atoms with E-state index in [0.29, 0.717) is 18.6 Å². The molecule has 6 N–H and O–H groups in total. The summed E-state index contributed by atoms with van der Waals surface area (Å²) in [4.78, 5) is 48.3. The van der Waals surface area contributed by atoms with Gasteiger partial charge < -0.3 is 26.8 Å². The number of thiol groups is 1. The monoisotopic (exact) mass is 436 g/mol. The molecule has 0 aliphatic rings. The van der Waals surface area contributed by atoms with Gasteiger partial charge in [0.15, 0.2) is 0 Å². The molecule has 0 heterocycles. The lowest BCUT2D eigenvalue weighted by Gasteiger charge is -2.27. The highest BCUT2D eigenvalue weighted by molar-refractivity contribution is 7.98. The van der Waals surface area contributed by atoms with Crippen molar-refractivity contribution >= 4 is 48.1 Å². The van der Waals surface area contributed by atoms with Crippen LogP contribution in [0.5, 0.6) is 0 Å². The Morgan fingerprint density at radius 3 is 2.14 bits per heavy atom. The maximum absolute atomic E-state index is 12.8.